The lowest BCUT2D eigenvalue weighted by Gasteiger charge is -2.30. The van der Waals surface area contributed by atoms with Crippen molar-refractivity contribution in [1.29, 1.82) is 0 Å². The Labute approximate surface area is 227 Å². The molecule has 2 saturated heterocycles. The molecule has 0 aliphatic carbocycles. The average Bonchev–Trinajstić information content (AvgIpc) is 3.16. The summed E-state index contributed by atoms with van der Waals surface area (Å²) >= 11 is 0. The van der Waals surface area contributed by atoms with Crippen LogP contribution in [-0.2, 0) is 26.5 Å². The van der Waals surface area contributed by atoms with E-state index in [0.717, 1.165) is 11.3 Å². The molecule has 4 N–H and O–H groups in total. The molecule has 10 nitrogen and oxygen atoms in total. The lowest BCUT2D eigenvalue weighted by molar-refractivity contribution is -0.139. The number of carbonyl (C=O) groups excluding carboxylic acids is 3. The van der Waals surface area contributed by atoms with Gasteiger partial charge in [0.1, 0.15) is 0 Å². The maximum atomic E-state index is 14.0. The molecule has 3 heterocycles. The summed E-state index contributed by atoms with van der Waals surface area (Å²) in [6, 6.07) is 12.9. The van der Waals surface area contributed by atoms with Gasteiger partial charge in [-0.15, -0.1) is 0 Å². The van der Waals surface area contributed by atoms with Gasteiger partial charge in [-0.25, -0.2) is 0 Å². The number of piperazine rings is 2. The Morgan fingerprint density at radius 3 is 2.28 bits per heavy atom. The van der Waals surface area contributed by atoms with Gasteiger partial charge >= 0.3 is 0 Å². The molecule has 2 aromatic carbocycles. The number of anilines is 3. The highest BCUT2D eigenvalue weighted by atomic mass is 16.3. The van der Waals surface area contributed by atoms with Crippen molar-refractivity contribution in [2.75, 3.05) is 60.6 Å². The van der Waals surface area contributed by atoms with Crippen molar-refractivity contribution < 1.29 is 24.6 Å². The second-order valence-electron chi connectivity index (χ2n) is 10.2. The maximum absolute atomic E-state index is 14.0. The molecule has 3 aliphatic heterocycles. The Morgan fingerprint density at radius 2 is 1.64 bits per heavy atom. The fraction of sp³-hybridized carbons (Fsp3) is 0.414. The predicted octanol–water partition coefficient (Wildman–Crippen LogP) is 0.868. The van der Waals surface area contributed by atoms with Gasteiger partial charge in [0.25, 0.3) is 5.91 Å². The Balaban J connectivity index is 1.51. The molecule has 0 spiro atoms. The number of aliphatic hydroxyl groups excluding tert-OH is 1. The monoisotopic (exact) mass is 533 g/mol. The zero-order chi connectivity index (χ0) is 27.6. The average molecular weight is 534 g/mol. The van der Waals surface area contributed by atoms with Crippen LogP contribution in [0.15, 0.2) is 54.6 Å². The Kier molecular flexibility index (Phi) is 7.81. The standard InChI is InChI=1S/C29H35N5O5/c1-20(5-2-3-14-35)29(39)24-16-23(33-13-11-31-18-27(33)37)8-9-25(24)34(28(29)38)19-21-6-4-7-22(15-21)32-12-10-30-17-26(32)36/h2,4-9,15-16,20,30-31,35,39H,3,10-14,17-19H2,1H3/b5-2+/t20-,29+/m0/s1. The van der Waals surface area contributed by atoms with E-state index in [9.17, 15) is 24.6 Å². The summed E-state index contributed by atoms with van der Waals surface area (Å²) in [7, 11) is 0. The molecular formula is C29H35N5O5. The van der Waals surface area contributed by atoms with Gasteiger partial charge in [-0.05, 0) is 42.3 Å². The van der Waals surface area contributed by atoms with Gasteiger partial charge in [0, 0.05) is 55.6 Å². The Bertz CT molecular complexity index is 1300. The van der Waals surface area contributed by atoms with E-state index in [-0.39, 0.29) is 38.1 Å². The largest absolute Gasteiger partial charge is 0.396 e. The lowest BCUT2D eigenvalue weighted by atomic mass is 9.82. The fourth-order valence-corrected chi connectivity index (χ4v) is 5.54. The first-order chi connectivity index (χ1) is 18.8. The third kappa shape index (κ3) is 5.08. The number of fused-ring (bicyclic) bond motifs is 1. The van der Waals surface area contributed by atoms with E-state index >= 15 is 0 Å². The van der Waals surface area contributed by atoms with Crippen LogP contribution in [0.3, 0.4) is 0 Å². The molecule has 39 heavy (non-hydrogen) atoms. The summed E-state index contributed by atoms with van der Waals surface area (Å²) in [6.45, 7) is 4.91. The minimum absolute atomic E-state index is 0.00569. The summed E-state index contributed by atoms with van der Waals surface area (Å²) < 4.78 is 0. The van der Waals surface area contributed by atoms with Crippen molar-refractivity contribution in [3.63, 3.8) is 0 Å². The van der Waals surface area contributed by atoms with Gasteiger partial charge in [-0.2, -0.15) is 0 Å². The van der Waals surface area contributed by atoms with Gasteiger partial charge in [0.05, 0.1) is 25.3 Å². The molecule has 0 aromatic heterocycles. The van der Waals surface area contributed by atoms with Crippen LogP contribution >= 0.6 is 0 Å². The van der Waals surface area contributed by atoms with Crippen molar-refractivity contribution in [3.05, 3.63) is 65.7 Å². The number of hydrogen-bond donors (Lipinski definition) is 4. The molecule has 0 saturated carbocycles. The summed E-state index contributed by atoms with van der Waals surface area (Å²) in [5.74, 6) is -1.11. The molecule has 2 atom stereocenters. The SMILES string of the molecule is C[C@@H](/C=C/CCO)[C@]1(O)C(=O)N(Cc2cccc(N3CCNCC3=O)c2)c2ccc(N3CCNCC3=O)cc21. The van der Waals surface area contributed by atoms with Crippen LogP contribution in [0.5, 0.6) is 0 Å². The fourth-order valence-electron chi connectivity index (χ4n) is 5.54. The van der Waals surface area contributed by atoms with Crippen molar-refractivity contribution in [3.8, 4) is 0 Å². The molecule has 0 bridgehead atoms. The molecule has 3 aliphatic rings. The smallest absolute Gasteiger partial charge is 0.264 e. The number of amides is 3. The van der Waals surface area contributed by atoms with Crippen molar-refractivity contribution in [1.82, 2.24) is 10.6 Å². The van der Waals surface area contributed by atoms with Crippen LogP contribution in [0.4, 0.5) is 17.1 Å². The lowest BCUT2D eigenvalue weighted by Crippen LogP contribution is -2.48. The van der Waals surface area contributed by atoms with Gasteiger partial charge in [0.15, 0.2) is 5.60 Å². The van der Waals surface area contributed by atoms with E-state index in [1.54, 1.807) is 45.9 Å². The number of rotatable bonds is 8. The van der Waals surface area contributed by atoms with E-state index in [4.69, 9.17) is 0 Å². The van der Waals surface area contributed by atoms with Crippen LogP contribution in [0.1, 0.15) is 24.5 Å². The van der Waals surface area contributed by atoms with Crippen LogP contribution in [0, 0.1) is 5.92 Å². The number of benzene rings is 2. The highest BCUT2D eigenvalue weighted by molar-refractivity contribution is 6.08. The summed E-state index contributed by atoms with van der Waals surface area (Å²) in [5.41, 5.74) is 1.42. The van der Waals surface area contributed by atoms with Crippen LogP contribution in [0.2, 0.25) is 0 Å². The molecule has 2 fully saturated rings. The van der Waals surface area contributed by atoms with Crippen molar-refractivity contribution >= 4 is 34.8 Å². The van der Waals surface area contributed by atoms with Gasteiger partial charge in [-0.3, -0.25) is 14.4 Å². The van der Waals surface area contributed by atoms with Gasteiger partial charge in [0.2, 0.25) is 11.8 Å². The Morgan fingerprint density at radius 1 is 0.974 bits per heavy atom. The van der Waals surface area contributed by atoms with Crippen LogP contribution in [0.25, 0.3) is 0 Å². The van der Waals surface area contributed by atoms with Crippen molar-refractivity contribution in [2.24, 2.45) is 5.92 Å². The quantitative estimate of drug-likeness (QED) is 0.371. The summed E-state index contributed by atoms with van der Waals surface area (Å²) in [6.07, 6.45) is 3.93. The topological polar surface area (TPSA) is 125 Å². The van der Waals surface area contributed by atoms with Gasteiger partial charge < -0.3 is 35.5 Å². The maximum Gasteiger partial charge on any atom is 0.264 e. The zero-order valence-electron chi connectivity index (χ0n) is 22.1. The summed E-state index contributed by atoms with van der Waals surface area (Å²) in [4.78, 5) is 44.0. The first kappa shape index (κ1) is 27.0. The minimum Gasteiger partial charge on any atom is -0.396 e. The highest BCUT2D eigenvalue weighted by Crippen LogP contribution is 2.47. The first-order valence-corrected chi connectivity index (χ1v) is 13.4. The zero-order valence-corrected chi connectivity index (χ0v) is 22.1. The molecule has 0 unspecified atom stereocenters. The minimum atomic E-state index is -1.85. The van der Waals surface area contributed by atoms with E-state index in [0.29, 0.717) is 49.5 Å². The van der Waals surface area contributed by atoms with Crippen LogP contribution < -0.4 is 25.3 Å². The number of nitrogens with one attached hydrogen (secondary N) is 2. The molecule has 0 radical (unpaired) electrons. The molecule has 5 rings (SSSR count). The third-order valence-corrected chi connectivity index (χ3v) is 7.69. The molecular weight excluding hydrogens is 498 g/mol. The van der Waals surface area contributed by atoms with E-state index in [1.807, 2.05) is 30.3 Å². The first-order valence-electron chi connectivity index (χ1n) is 13.4. The van der Waals surface area contributed by atoms with E-state index in [1.165, 1.54) is 0 Å². The van der Waals surface area contributed by atoms with E-state index < -0.39 is 17.4 Å². The predicted molar refractivity (Wildman–Crippen MR) is 148 cm³/mol. The molecule has 206 valence electrons. The molecule has 2 aromatic rings. The number of nitrogens with zero attached hydrogens (tertiary/aromatic N) is 3. The van der Waals surface area contributed by atoms with Crippen LogP contribution in [-0.4, -0.2) is 73.8 Å². The second-order valence-corrected chi connectivity index (χ2v) is 10.2. The number of carbonyl (C=O) groups is 3. The highest BCUT2D eigenvalue weighted by Gasteiger charge is 2.52. The number of hydrogen-bond acceptors (Lipinski definition) is 7. The molecule has 3 amide bonds. The third-order valence-electron chi connectivity index (χ3n) is 7.69. The van der Waals surface area contributed by atoms with Gasteiger partial charge in [-0.1, -0.05) is 31.2 Å². The Hall–Kier alpha value is -3.57. The summed E-state index contributed by atoms with van der Waals surface area (Å²) in [5, 5.41) is 27.4. The number of aliphatic hydroxyl groups is 2. The normalized spacial score (nSPS) is 22.6. The second kappa shape index (κ2) is 11.3. The van der Waals surface area contributed by atoms with E-state index in [2.05, 4.69) is 10.6 Å². The molecule has 10 heteroatoms. The van der Waals surface area contributed by atoms with Crippen molar-refractivity contribution in [2.45, 2.75) is 25.5 Å².